The molecular weight excluding hydrogens is 316 g/mol. The molecule has 0 saturated heterocycles. The summed E-state index contributed by atoms with van der Waals surface area (Å²) in [5, 5.41) is 14.2. The van der Waals surface area contributed by atoms with Gasteiger partial charge in [-0.25, -0.2) is 0 Å². The van der Waals surface area contributed by atoms with Crippen LogP contribution in [0.5, 0.6) is 0 Å². The Morgan fingerprint density at radius 2 is 1.96 bits per heavy atom. The molecule has 0 aliphatic rings. The van der Waals surface area contributed by atoms with Crippen LogP contribution in [0.1, 0.15) is 24.5 Å². The van der Waals surface area contributed by atoms with Crippen molar-refractivity contribution in [3.63, 3.8) is 0 Å². The first-order valence-electron chi connectivity index (χ1n) is 6.96. The maximum absolute atomic E-state index is 11.7. The number of anilines is 1. The van der Waals surface area contributed by atoms with Crippen LogP contribution < -0.4 is 5.32 Å². The third kappa shape index (κ3) is 3.76. The summed E-state index contributed by atoms with van der Waals surface area (Å²) >= 11 is 6.17. The Bertz CT molecular complexity index is 787. The molecule has 5 nitrogen and oxygen atoms in total. The monoisotopic (exact) mass is 330 g/mol. The molecule has 1 amide bonds. The van der Waals surface area contributed by atoms with Crippen LogP contribution in [0.2, 0.25) is 5.02 Å². The number of hydrogen-bond donors (Lipinski definition) is 1. The lowest BCUT2D eigenvalue weighted by Gasteiger charge is -2.14. The number of hydrogen-bond acceptors (Lipinski definition) is 3. The number of amides is 1. The Kier molecular flexibility index (Phi) is 5.13. The van der Waals surface area contributed by atoms with E-state index in [1.807, 2.05) is 0 Å². The van der Waals surface area contributed by atoms with E-state index >= 15 is 0 Å². The Labute approximate surface area is 138 Å². The smallest absolute Gasteiger partial charge is 0.270 e. The van der Waals surface area contributed by atoms with E-state index in [1.165, 1.54) is 18.2 Å². The van der Waals surface area contributed by atoms with Crippen molar-refractivity contribution in [2.24, 2.45) is 0 Å². The Morgan fingerprint density at radius 1 is 1.26 bits per heavy atom. The van der Waals surface area contributed by atoms with Gasteiger partial charge >= 0.3 is 0 Å². The zero-order valence-electron chi connectivity index (χ0n) is 12.5. The molecule has 118 valence electrons. The SMILES string of the molecule is C=C(c1ccccc1Cl)c1cc([N+](=O)[O-])ccc1NC(=O)CC. The minimum Gasteiger partial charge on any atom is -0.326 e. The molecule has 0 aliphatic carbocycles. The van der Waals surface area contributed by atoms with Crippen LogP contribution in [0.25, 0.3) is 5.57 Å². The van der Waals surface area contributed by atoms with Crippen molar-refractivity contribution in [3.8, 4) is 0 Å². The van der Waals surface area contributed by atoms with Gasteiger partial charge in [-0.15, -0.1) is 0 Å². The van der Waals surface area contributed by atoms with Gasteiger partial charge in [0, 0.05) is 40.4 Å². The first-order chi connectivity index (χ1) is 10.9. The molecule has 6 heteroatoms. The molecule has 0 spiro atoms. The first kappa shape index (κ1) is 16.7. The number of benzene rings is 2. The lowest BCUT2D eigenvalue weighted by atomic mass is 9.97. The average Bonchev–Trinajstić information content (AvgIpc) is 2.54. The van der Waals surface area contributed by atoms with Crippen molar-refractivity contribution in [1.29, 1.82) is 0 Å². The predicted molar refractivity (Wildman–Crippen MR) is 91.6 cm³/mol. The van der Waals surface area contributed by atoms with Crippen LogP contribution >= 0.6 is 11.6 Å². The highest BCUT2D eigenvalue weighted by atomic mass is 35.5. The van der Waals surface area contributed by atoms with Crippen LogP contribution in [0.15, 0.2) is 49.0 Å². The van der Waals surface area contributed by atoms with Crippen LogP contribution in [-0.2, 0) is 4.79 Å². The number of non-ortho nitro benzene ring substituents is 1. The normalized spacial score (nSPS) is 10.2. The van der Waals surface area contributed by atoms with Gasteiger partial charge in [0.2, 0.25) is 5.91 Å². The van der Waals surface area contributed by atoms with Crippen molar-refractivity contribution in [3.05, 3.63) is 75.3 Å². The molecule has 23 heavy (non-hydrogen) atoms. The lowest BCUT2D eigenvalue weighted by molar-refractivity contribution is -0.384. The first-order valence-corrected chi connectivity index (χ1v) is 7.34. The zero-order chi connectivity index (χ0) is 17.0. The van der Waals surface area contributed by atoms with Gasteiger partial charge in [-0.1, -0.05) is 43.3 Å². The molecule has 2 rings (SSSR count). The fourth-order valence-electron chi connectivity index (χ4n) is 2.09. The Balaban J connectivity index is 2.55. The van der Waals surface area contributed by atoms with Crippen LogP contribution in [0.4, 0.5) is 11.4 Å². The summed E-state index contributed by atoms with van der Waals surface area (Å²) in [6, 6.07) is 11.3. The number of nitrogens with zero attached hydrogens (tertiary/aromatic N) is 1. The van der Waals surface area contributed by atoms with Gasteiger partial charge in [-0.05, 0) is 17.7 Å². The van der Waals surface area contributed by atoms with Crippen LogP contribution in [-0.4, -0.2) is 10.8 Å². The van der Waals surface area contributed by atoms with Gasteiger partial charge in [0.1, 0.15) is 0 Å². The molecule has 1 N–H and O–H groups in total. The van der Waals surface area contributed by atoms with Crippen molar-refractivity contribution < 1.29 is 9.72 Å². The fraction of sp³-hybridized carbons (Fsp3) is 0.118. The van der Waals surface area contributed by atoms with Crippen molar-refractivity contribution in [2.45, 2.75) is 13.3 Å². The highest BCUT2D eigenvalue weighted by Crippen LogP contribution is 2.34. The quantitative estimate of drug-likeness (QED) is 0.640. The highest BCUT2D eigenvalue weighted by Gasteiger charge is 2.16. The standard InChI is InChI=1S/C17H15ClN2O3/c1-3-17(21)19-16-9-8-12(20(22)23)10-14(16)11(2)13-6-4-5-7-15(13)18/h4-10H,2-3H2,1H3,(H,19,21). The molecule has 0 atom stereocenters. The van der Waals surface area contributed by atoms with E-state index in [9.17, 15) is 14.9 Å². The van der Waals surface area contributed by atoms with Gasteiger partial charge in [0.25, 0.3) is 5.69 Å². The predicted octanol–water partition coefficient (Wildman–Crippen LogP) is 4.66. The second-order valence-corrected chi connectivity index (χ2v) is 5.25. The molecule has 0 bridgehead atoms. The van der Waals surface area contributed by atoms with Crippen LogP contribution in [0.3, 0.4) is 0 Å². The minimum absolute atomic E-state index is 0.0808. The number of nitrogens with one attached hydrogen (secondary N) is 1. The topological polar surface area (TPSA) is 72.2 Å². The third-order valence-corrected chi connectivity index (χ3v) is 3.66. The van der Waals surface area contributed by atoms with Gasteiger partial charge < -0.3 is 5.32 Å². The minimum atomic E-state index is -0.491. The second-order valence-electron chi connectivity index (χ2n) is 4.85. The van der Waals surface area contributed by atoms with Crippen molar-refractivity contribution >= 4 is 34.5 Å². The zero-order valence-corrected chi connectivity index (χ0v) is 13.3. The molecule has 0 aliphatic heterocycles. The van der Waals surface area contributed by atoms with E-state index in [0.29, 0.717) is 33.8 Å². The van der Waals surface area contributed by atoms with E-state index in [2.05, 4.69) is 11.9 Å². The summed E-state index contributed by atoms with van der Waals surface area (Å²) in [5.41, 5.74) is 2.01. The lowest BCUT2D eigenvalue weighted by Crippen LogP contribution is -2.11. The van der Waals surface area contributed by atoms with Crippen molar-refractivity contribution in [1.82, 2.24) is 0 Å². The number of rotatable bonds is 5. The maximum Gasteiger partial charge on any atom is 0.270 e. The summed E-state index contributed by atoms with van der Waals surface area (Å²) in [6.07, 6.45) is 0.301. The fourth-order valence-corrected chi connectivity index (χ4v) is 2.34. The summed E-state index contributed by atoms with van der Waals surface area (Å²) < 4.78 is 0. The molecular formula is C17H15ClN2O3. The molecule has 2 aromatic rings. The summed E-state index contributed by atoms with van der Waals surface area (Å²) in [4.78, 5) is 22.2. The van der Waals surface area contributed by atoms with E-state index in [1.54, 1.807) is 31.2 Å². The molecule has 0 fully saturated rings. The average molecular weight is 331 g/mol. The van der Waals surface area contributed by atoms with Gasteiger partial charge in [-0.2, -0.15) is 0 Å². The Hall–Kier alpha value is -2.66. The van der Waals surface area contributed by atoms with Crippen molar-refractivity contribution in [2.75, 3.05) is 5.32 Å². The number of halogens is 1. The molecule has 0 radical (unpaired) electrons. The summed E-state index contributed by atoms with van der Waals surface area (Å²) in [5.74, 6) is -0.188. The number of nitro benzene ring substituents is 1. The number of carbonyl (C=O) groups is 1. The largest absolute Gasteiger partial charge is 0.326 e. The third-order valence-electron chi connectivity index (χ3n) is 3.33. The molecule has 0 heterocycles. The summed E-state index contributed by atoms with van der Waals surface area (Å²) in [6.45, 7) is 5.72. The molecule has 0 unspecified atom stereocenters. The molecule has 2 aromatic carbocycles. The number of nitro groups is 1. The maximum atomic E-state index is 11.7. The number of carbonyl (C=O) groups excluding carboxylic acids is 1. The second kappa shape index (κ2) is 7.07. The van der Waals surface area contributed by atoms with Gasteiger partial charge in [-0.3, -0.25) is 14.9 Å². The summed E-state index contributed by atoms with van der Waals surface area (Å²) in [7, 11) is 0. The van der Waals surface area contributed by atoms with Crippen LogP contribution in [0, 0.1) is 10.1 Å². The van der Waals surface area contributed by atoms with E-state index < -0.39 is 4.92 Å². The molecule has 0 saturated carbocycles. The molecule has 0 aromatic heterocycles. The van der Waals surface area contributed by atoms with Gasteiger partial charge in [0.15, 0.2) is 0 Å². The van der Waals surface area contributed by atoms with E-state index in [4.69, 9.17) is 11.6 Å². The van der Waals surface area contributed by atoms with Gasteiger partial charge in [0.05, 0.1) is 4.92 Å². The van der Waals surface area contributed by atoms with E-state index in [0.717, 1.165) is 0 Å². The van der Waals surface area contributed by atoms with E-state index in [-0.39, 0.29) is 11.6 Å². The highest BCUT2D eigenvalue weighted by molar-refractivity contribution is 6.32. The Morgan fingerprint density at radius 3 is 2.57 bits per heavy atom.